The van der Waals surface area contributed by atoms with Crippen LogP contribution in [0.3, 0.4) is 0 Å². The molecule has 0 spiro atoms. The lowest BCUT2D eigenvalue weighted by Crippen LogP contribution is -2.20. The highest BCUT2D eigenvalue weighted by atomic mass is 79.9. The fraction of sp³-hybridized carbons (Fsp3) is 0. The van der Waals surface area contributed by atoms with Gasteiger partial charge in [0.05, 0.1) is 26.6 Å². The summed E-state index contributed by atoms with van der Waals surface area (Å²) in [6, 6.07) is 17.7. The summed E-state index contributed by atoms with van der Waals surface area (Å²) in [5.41, 5.74) is 1.44. The number of fused-ring (bicyclic) bond motifs is 2. The summed E-state index contributed by atoms with van der Waals surface area (Å²) in [7, 11) is 0. The van der Waals surface area contributed by atoms with E-state index >= 15 is 0 Å². The van der Waals surface area contributed by atoms with Crippen LogP contribution in [-0.2, 0) is 0 Å². The molecule has 0 fully saturated rings. The monoisotopic (exact) mass is 571 g/mol. The van der Waals surface area contributed by atoms with Crippen molar-refractivity contribution in [3.63, 3.8) is 0 Å². The zero-order valence-corrected chi connectivity index (χ0v) is 20.0. The van der Waals surface area contributed by atoms with Crippen molar-refractivity contribution < 1.29 is 9.52 Å². The largest absolute Gasteiger partial charge is 0.505 e. The molecule has 0 saturated carbocycles. The van der Waals surface area contributed by atoms with Crippen molar-refractivity contribution in [2.24, 2.45) is 5.10 Å². The second-order valence-electron chi connectivity index (χ2n) is 6.94. The first-order valence-electron chi connectivity index (χ1n) is 9.34. The van der Waals surface area contributed by atoms with E-state index in [0.29, 0.717) is 32.3 Å². The van der Waals surface area contributed by atoms with Crippen molar-refractivity contribution in [2.45, 2.75) is 0 Å². The average Bonchev–Trinajstić information content (AvgIpc) is 3.19. The molecule has 1 N–H and O–H groups in total. The van der Waals surface area contributed by atoms with Crippen molar-refractivity contribution in [3.05, 3.63) is 90.5 Å². The number of hydrogen-bond donors (Lipinski definition) is 1. The van der Waals surface area contributed by atoms with E-state index < -0.39 is 0 Å². The second kappa shape index (κ2) is 8.20. The summed E-state index contributed by atoms with van der Waals surface area (Å²) in [4.78, 5) is 17.9. The quantitative estimate of drug-likeness (QED) is 0.248. The van der Waals surface area contributed by atoms with E-state index in [-0.39, 0.29) is 22.2 Å². The van der Waals surface area contributed by atoms with Crippen LogP contribution in [0.1, 0.15) is 5.56 Å². The standard InChI is InChI=1S/C23H12Br2ClN3O3/c24-14-5-6-19-13(9-14)10-20(32-19)22-28-18-4-2-1-3-15(18)23(31)29(22)27-11-12-7-16(25)21(30)17(26)8-12/h1-11,30H. The van der Waals surface area contributed by atoms with Crippen LogP contribution in [0.4, 0.5) is 0 Å². The van der Waals surface area contributed by atoms with Gasteiger partial charge >= 0.3 is 0 Å². The number of nitrogens with zero attached hydrogens (tertiary/aromatic N) is 3. The number of phenols is 1. The Bertz CT molecular complexity index is 1590. The first-order valence-corrected chi connectivity index (χ1v) is 11.3. The second-order valence-corrected chi connectivity index (χ2v) is 9.12. The predicted molar refractivity (Wildman–Crippen MR) is 133 cm³/mol. The van der Waals surface area contributed by atoms with Crippen molar-refractivity contribution in [1.82, 2.24) is 9.66 Å². The lowest BCUT2D eigenvalue weighted by molar-refractivity contribution is 0.472. The zero-order chi connectivity index (χ0) is 22.4. The number of phenolic OH excluding ortho intramolecular Hbond substituents is 1. The molecule has 0 atom stereocenters. The summed E-state index contributed by atoms with van der Waals surface area (Å²) >= 11 is 12.8. The summed E-state index contributed by atoms with van der Waals surface area (Å²) in [5, 5.41) is 15.7. The van der Waals surface area contributed by atoms with E-state index in [1.807, 2.05) is 30.3 Å². The molecule has 0 unspecified atom stereocenters. The topological polar surface area (TPSA) is 80.6 Å². The number of aromatic hydroxyl groups is 1. The smallest absolute Gasteiger partial charge is 0.282 e. The summed E-state index contributed by atoms with van der Waals surface area (Å²) in [6.45, 7) is 0. The molecule has 5 aromatic rings. The summed E-state index contributed by atoms with van der Waals surface area (Å²) in [5.74, 6) is 0.603. The summed E-state index contributed by atoms with van der Waals surface area (Å²) < 4.78 is 8.51. The molecule has 9 heteroatoms. The van der Waals surface area contributed by atoms with Crippen molar-refractivity contribution in [1.29, 1.82) is 0 Å². The Morgan fingerprint density at radius 2 is 1.91 bits per heavy atom. The van der Waals surface area contributed by atoms with E-state index in [9.17, 15) is 9.90 Å². The van der Waals surface area contributed by atoms with Crippen LogP contribution < -0.4 is 5.56 Å². The average molecular weight is 574 g/mol. The van der Waals surface area contributed by atoms with Gasteiger partial charge < -0.3 is 9.52 Å². The van der Waals surface area contributed by atoms with E-state index in [4.69, 9.17) is 16.0 Å². The van der Waals surface area contributed by atoms with E-state index in [1.165, 1.54) is 10.9 Å². The van der Waals surface area contributed by atoms with Gasteiger partial charge in [-0.05, 0) is 70.0 Å². The lowest BCUT2D eigenvalue weighted by atomic mass is 10.2. The molecule has 5 rings (SSSR count). The molecule has 0 radical (unpaired) electrons. The molecule has 6 nitrogen and oxygen atoms in total. The predicted octanol–water partition coefficient (Wildman–Crippen LogP) is 6.58. The number of benzene rings is 3. The molecule has 3 aromatic carbocycles. The fourth-order valence-electron chi connectivity index (χ4n) is 3.30. The minimum absolute atomic E-state index is 0.0671. The minimum atomic E-state index is -0.340. The number of para-hydroxylation sites is 1. The highest BCUT2D eigenvalue weighted by Crippen LogP contribution is 2.33. The van der Waals surface area contributed by atoms with Crippen molar-refractivity contribution >= 4 is 71.5 Å². The Hall–Kier alpha value is -2.94. The Balaban J connectivity index is 1.73. The Morgan fingerprint density at radius 3 is 2.72 bits per heavy atom. The van der Waals surface area contributed by atoms with Crippen LogP contribution in [0.2, 0.25) is 5.02 Å². The van der Waals surface area contributed by atoms with Gasteiger partial charge in [0.1, 0.15) is 11.3 Å². The molecule has 0 saturated heterocycles. The third-order valence-electron chi connectivity index (χ3n) is 4.81. The SMILES string of the molecule is O=c1c2ccccc2nc(-c2cc3cc(Br)ccc3o2)n1N=Cc1cc(Cl)c(O)c(Br)c1. The Morgan fingerprint density at radius 1 is 1.09 bits per heavy atom. The van der Waals surface area contributed by atoms with Crippen LogP contribution in [0.5, 0.6) is 5.75 Å². The fourth-order valence-corrected chi connectivity index (χ4v) is 4.50. The third-order valence-corrected chi connectivity index (χ3v) is 6.20. The lowest BCUT2D eigenvalue weighted by Gasteiger charge is -2.07. The zero-order valence-electron chi connectivity index (χ0n) is 16.1. The van der Waals surface area contributed by atoms with Gasteiger partial charge in [0.2, 0.25) is 5.82 Å². The highest BCUT2D eigenvalue weighted by Gasteiger charge is 2.16. The van der Waals surface area contributed by atoms with Crippen LogP contribution >= 0.6 is 43.5 Å². The maximum atomic E-state index is 13.3. The molecular formula is C23H12Br2ClN3O3. The molecule has 2 aromatic heterocycles. The van der Waals surface area contributed by atoms with Crippen LogP contribution in [0, 0.1) is 0 Å². The first-order chi connectivity index (χ1) is 15.4. The Kier molecular flexibility index (Phi) is 5.36. The highest BCUT2D eigenvalue weighted by molar-refractivity contribution is 9.10. The Labute approximate surface area is 203 Å². The number of aromatic nitrogens is 2. The van der Waals surface area contributed by atoms with Gasteiger partial charge in [-0.25, -0.2) is 4.98 Å². The number of halogens is 3. The van der Waals surface area contributed by atoms with Crippen molar-refractivity contribution in [3.8, 4) is 17.3 Å². The van der Waals surface area contributed by atoms with Crippen LogP contribution in [0.15, 0.2) is 83.9 Å². The molecule has 0 bridgehead atoms. The van der Waals surface area contributed by atoms with Crippen molar-refractivity contribution in [2.75, 3.05) is 0 Å². The maximum Gasteiger partial charge on any atom is 0.282 e. The normalized spacial score (nSPS) is 11.7. The molecular weight excluding hydrogens is 562 g/mol. The maximum absolute atomic E-state index is 13.3. The molecule has 32 heavy (non-hydrogen) atoms. The first kappa shape index (κ1) is 20.9. The molecule has 2 heterocycles. The third kappa shape index (κ3) is 3.74. The van der Waals surface area contributed by atoms with Gasteiger partial charge in [-0.2, -0.15) is 9.78 Å². The number of furan rings is 1. The van der Waals surface area contributed by atoms with Crippen LogP contribution in [-0.4, -0.2) is 21.0 Å². The van der Waals surface area contributed by atoms with Gasteiger partial charge in [0.15, 0.2) is 5.76 Å². The molecule has 158 valence electrons. The number of hydrogen-bond acceptors (Lipinski definition) is 5. The molecule has 0 aliphatic carbocycles. The minimum Gasteiger partial charge on any atom is -0.505 e. The van der Waals surface area contributed by atoms with Gasteiger partial charge in [0.25, 0.3) is 5.56 Å². The van der Waals surface area contributed by atoms with Gasteiger partial charge in [-0.15, -0.1) is 0 Å². The van der Waals surface area contributed by atoms with Gasteiger partial charge in [-0.1, -0.05) is 39.7 Å². The van der Waals surface area contributed by atoms with Gasteiger partial charge in [-0.3, -0.25) is 4.79 Å². The number of rotatable bonds is 3. The molecule has 0 aliphatic rings. The molecule has 0 amide bonds. The van der Waals surface area contributed by atoms with Gasteiger partial charge in [0, 0.05) is 9.86 Å². The van der Waals surface area contributed by atoms with E-state index in [2.05, 4.69) is 41.9 Å². The summed E-state index contributed by atoms with van der Waals surface area (Å²) in [6.07, 6.45) is 1.47. The van der Waals surface area contributed by atoms with Crippen LogP contribution in [0.25, 0.3) is 33.5 Å². The van der Waals surface area contributed by atoms with E-state index in [1.54, 1.807) is 30.3 Å². The molecule has 0 aliphatic heterocycles. The van der Waals surface area contributed by atoms with E-state index in [0.717, 1.165) is 9.86 Å².